The van der Waals surface area contributed by atoms with Crippen molar-refractivity contribution in [3.05, 3.63) is 204 Å². The lowest BCUT2D eigenvalue weighted by atomic mass is 9.99. The molecule has 0 radical (unpaired) electrons. The number of rotatable bonds is 35. The lowest BCUT2D eigenvalue weighted by Crippen LogP contribution is -2.49. The van der Waals surface area contributed by atoms with Gasteiger partial charge in [0.15, 0.2) is 11.2 Å². The number of benzene rings is 6. The minimum absolute atomic E-state index is 0. The second-order valence-electron chi connectivity index (χ2n) is 31.9. The number of nitrogens with zero attached hydrogens (tertiary/aromatic N) is 12. The van der Waals surface area contributed by atoms with Gasteiger partial charge in [-0.2, -0.15) is 0 Å². The number of imidazole rings is 1. The Balaban J connectivity index is 0.000000180. The highest BCUT2D eigenvalue weighted by atomic mass is 35.5. The van der Waals surface area contributed by atoms with Crippen molar-refractivity contribution < 1.29 is 43.0 Å². The van der Waals surface area contributed by atoms with Crippen molar-refractivity contribution in [2.75, 3.05) is 147 Å². The molecule has 2 N–H and O–H groups in total. The van der Waals surface area contributed by atoms with E-state index in [1.54, 1.807) is 29.0 Å². The van der Waals surface area contributed by atoms with Gasteiger partial charge in [-0.25, -0.2) is 23.4 Å². The van der Waals surface area contributed by atoms with Crippen LogP contribution >= 0.6 is 58.0 Å². The monoisotopic (exact) mass is 1770 g/mol. The van der Waals surface area contributed by atoms with E-state index in [0.29, 0.717) is 148 Å². The summed E-state index contributed by atoms with van der Waals surface area (Å²) in [7, 11) is 2.00. The van der Waals surface area contributed by atoms with E-state index in [9.17, 15) is 48.6 Å². The standard InChI is InChI=1S/C34H39Cl2FN6O3.C31H35Cl2FN4O4.C27H33ClN2O3.CH4/c1-22(44)26-21-43(23-6-7-23)30-20-31(27(37)19-25(30)34(26)46)41-14-16-42(17-15-41)33(45)5-3-4-32-38-28-18-24(8-9-29(28)39(32)2)40(12-10-35)13-11-36;32-10-12-35(13-11-33)22-6-4-21(5-7-22)2-1-3-29(39)37-16-14-36(15-17-37)28-19-27-24(18-26(28)34)30(40)25(31(41)42)20-38(27)23-8-9-23;1-4-13-29(15-12-28)14-6-8-20-7-5-9-21(16-20)22-10-11-23-25(17-22)30(19(2)3)18-24(26(23)31)27(32)33;/h8-9,18-21,23H,3-7,10-17H2,1-2H3;4-7,18-20,23H,1-3,8-17H2,(H,41,42);5,7,9-11,16-19H,4,6,8,12-15H2,1-3H3,(H,32,33);1H4. The van der Waals surface area contributed by atoms with Crippen molar-refractivity contribution in [1.29, 1.82) is 0 Å². The maximum atomic E-state index is 15.4. The number of anilines is 4. The van der Waals surface area contributed by atoms with Crippen LogP contribution in [0.15, 0.2) is 142 Å². The third-order valence-corrected chi connectivity index (χ3v) is 24.1. The van der Waals surface area contributed by atoms with Crippen LogP contribution in [0.4, 0.5) is 31.5 Å². The second kappa shape index (κ2) is 43.2. The number of pyridine rings is 3. The number of alkyl halides is 5. The van der Waals surface area contributed by atoms with Gasteiger partial charge in [-0.3, -0.25) is 28.8 Å². The van der Waals surface area contributed by atoms with E-state index in [1.165, 1.54) is 36.5 Å². The molecular weight excluding hydrogens is 1660 g/mol. The molecule has 0 spiro atoms. The van der Waals surface area contributed by atoms with Crippen molar-refractivity contribution in [2.24, 2.45) is 7.05 Å². The van der Waals surface area contributed by atoms with Gasteiger partial charge in [0.05, 0.1) is 44.5 Å². The molecule has 29 heteroatoms. The molecule has 2 aliphatic carbocycles. The van der Waals surface area contributed by atoms with Gasteiger partial charge in [0, 0.05) is 205 Å². The summed E-state index contributed by atoms with van der Waals surface area (Å²) in [6, 6.07) is 34.8. The number of carbonyl (C=O) groups is 5. The zero-order valence-corrected chi connectivity index (χ0v) is 73.1. The van der Waals surface area contributed by atoms with E-state index in [4.69, 9.17) is 63.0 Å². The first-order valence-electron chi connectivity index (χ1n) is 42.0. The summed E-state index contributed by atoms with van der Waals surface area (Å²) >= 11 is 29.7. The first kappa shape index (κ1) is 93.1. The Bertz CT molecular complexity index is 5570. The molecule has 0 unspecified atom stereocenters. The van der Waals surface area contributed by atoms with E-state index in [2.05, 4.69) is 92.9 Å². The zero-order valence-electron chi connectivity index (χ0n) is 69.4. The molecule has 4 aliphatic rings. The van der Waals surface area contributed by atoms with Crippen LogP contribution in [0.25, 0.3) is 54.9 Å². The van der Waals surface area contributed by atoms with Crippen LogP contribution in [0.5, 0.6) is 0 Å². The average Bonchev–Trinajstić information content (AvgIpc) is 1.37. The fourth-order valence-electron chi connectivity index (χ4n) is 16.4. The van der Waals surface area contributed by atoms with Crippen molar-refractivity contribution in [3.8, 4) is 11.1 Å². The van der Waals surface area contributed by atoms with Gasteiger partial charge >= 0.3 is 11.9 Å². The molecule has 6 aromatic carbocycles. The molecule has 652 valence electrons. The number of carboxylic acid groups (broad SMARTS) is 2. The van der Waals surface area contributed by atoms with Gasteiger partial charge in [-0.05, 0) is 187 Å². The van der Waals surface area contributed by atoms with Crippen LogP contribution in [0.3, 0.4) is 0 Å². The van der Waals surface area contributed by atoms with Gasteiger partial charge < -0.3 is 62.8 Å². The Morgan fingerprint density at radius 2 is 0.984 bits per heavy atom. The molecule has 22 nitrogen and oxygen atoms in total. The van der Waals surface area contributed by atoms with Crippen LogP contribution in [0, 0.1) is 11.6 Å². The number of Topliss-reactive ketones (excluding diaryl/α,β-unsaturated/α-hetero) is 1. The number of ketones is 1. The summed E-state index contributed by atoms with van der Waals surface area (Å²) in [4.78, 5) is 119. The van der Waals surface area contributed by atoms with Gasteiger partial charge in [0.2, 0.25) is 22.7 Å². The van der Waals surface area contributed by atoms with Crippen LogP contribution in [-0.4, -0.2) is 205 Å². The number of piperazine rings is 2. The average molecular weight is 1770 g/mol. The minimum Gasteiger partial charge on any atom is -0.477 e. The van der Waals surface area contributed by atoms with E-state index in [1.807, 2.05) is 61.8 Å². The molecule has 0 atom stereocenters. The predicted molar refractivity (Wildman–Crippen MR) is 491 cm³/mol. The van der Waals surface area contributed by atoms with Crippen molar-refractivity contribution in [2.45, 2.75) is 137 Å². The fourth-order valence-corrected chi connectivity index (χ4v) is 17.5. The summed E-state index contributed by atoms with van der Waals surface area (Å²) in [6.45, 7) is 17.3. The molecule has 0 bridgehead atoms. The number of amides is 2. The van der Waals surface area contributed by atoms with Gasteiger partial charge in [-0.1, -0.05) is 56.8 Å². The third kappa shape index (κ3) is 22.5. The van der Waals surface area contributed by atoms with Gasteiger partial charge in [0.1, 0.15) is 28.6 Å². The first-order chi connectivity index (χ1) is 58.3. The summed E-state index contributed by atoms with van der Waals surface area (Å²) in [5.41, 5.74) is 9.33. The lowest BCUT2D eigenvalue weighted by molar-refractivity contribution is -0.132. The quantitative estimate of drug-likeness (QED) is 0.0278. The highest BCUT2D eigenvalue weighted by Gasteiger charge is 2.32. The number of hydrogen-bond donors (Lipinski definition) is 2. The minimum atomic E-state index is -1.31. The number of carbonyl (C=O) groups excluding carboxylic acids is 3. The number of fused-ring (bicyclic) bond motifs is 4. The van der Waals surface area contributed by atoms with E-state index in [-0.39, 0.29) is 70.6 Å². The molecule has 10 aromatic rings. The zero-order chi connectivity index (χ0) is 86.3. The number of carboxylic acids is 2. The molecule has 14 rings (SSSR count). The van der Waals surface area contributed by atoms with Crippen LogP contribution in [0.1, 0.15) is 165 Å². The Hall–Kier alpha value is -9.56. The Labute approximate surface area is 736 Å². The molecular formula is C93H111Cl5F2N12O10. The fraction of sp³-hybridized carbons (Fsp3) is 0.452. The van der Waals surface area contributed by atoms with Crippen molar-refractivity contribution in [3.63, 3.8) is 0 Å². The van der Waals surface area contributed by atoms with E-state index < -0.39 is 39.9 Å². The smallest absolute Gasteiger partial charge is 0.341 e. The molecule has 2 amide bonds. The molecule has 122 heavy (non-hydrogen) atoms. The van der Waals surface area contributed by atoms with Crippen LogP contribution in [-0.2, 0) is 35.9 Å². The molecule has 4 fully saturated rings. The van der Waals surface area contributed by atoms with E-state index >= 15 is 8.78 Å². The maximum absolute atomic E-state index is 15.4. The van der Waals surface area contributed by atoms with E-state index in [0.717, 1.165) is 141 Å². The second-order valence-corrected chi connectivity index (χ2v) is 33.8. The van der Waals surface area contributed by atoms with Crippen molar-refractivity contribution >= 4 is 154 Å². The number of aromatic carboxylic acids is 2. The maximum Gasteiger partial charge on any atom is 0.341 e. The SMILES string of the molecule is C.CC(=O)c1cn(C2CC2)c2cc(N3CCN(C(=O)CCCc4nc5cc(N(CCCl)CCCl)ccc5n4C)CC3)c(F)cc2c1=O.CCCN(CCCl)CCCc1cccc(-c2ccc3c(=O)c(C(=O)O)cn(C(C)C)c3c2)c1.O=C(O)c1cn(C2CC2)c2cc(N3CCN(C(=O)CCCc4ccc(N(CCCl)CCCl)cc4)CC3)c(F)cc2c1=O. The Morgan fingerprint density at radius 3 is 1.49 bits per heavy atom. The largest absolute Gasteiger partial charge is 0.477 e. The number of aromatic nitrogens is 5. The number of halogens is 7. The van der Waals surface area contributed by atoms with Crippen molar-refractivity contribution in [1.82, 2.24) is 38.0 Å². The molecule has 6 heterocycles. The Kier molecular flexibility index (Phi) is 33.0. The van der Waals surface area contributed by atoms with Crippen LogP contribution in [0.2, 0.25) is 0 Å². The number of hydrogen-bond acceptors (Lipinski definition) is 14. The first-order valence-corrected chi connectivity index (χ1v) is 44.7. The van der Waals surface area contributed by atoms with Crippen LogP contribution < -0.4 is 35.9 Å². The molecule has 2 saturated carbocycles. The number of aryl methyl sites for hydroxylation is 4. The molecule has 2 saturated heterocycles. The molecule has 2 aliphatic heterocycles. The summed E-state index contributed by atoms with van der Waals surface area (Å²) in [6.07, 6.45) is 15.1. The summed E-state index contributed by atoms with van der Waals surface area (Å²) < 4.78 is 38.4. The highest BCUT2D eigenvalue weighted by Crippen LogP contribution is 2.41. The normalized spacial score (nSPS) is 14.1. The highest BCUT2D eigenvalue weighted by molar-refractivity contribution is 6.19. The van der Waals surface area contributed by atoms with Gasteiger partial charge in [0.25, 0.3) is 0 Å². The van der Waals surface area contributed by atoms with Gasteiger partial charge in [-0.15, -0.1) is 58.0 Å². The molecule has 4 aromatic heterocycles. The Morgan fingerprint density at radius 1 is 0.500 bits per heavy atom. The predicted octanol–water partition coefficient (Wildman–Crippen LogP) is 17.1. The topological polar surface area (TPSA) is 232 Å². The summed E-state index contributed by atoms with van der Waals surface area (Å²) in [5.74, 6) is -0.0401. The third-order valence-electron chi connectivity index (χ3n) is 23.3. The lowest BCUT2D eigenvalue weighted by Gasteiger charge is -2.36. The summed E-state index contributed by atoms with van der Waals surface area (Å²) in [5, 5.41) is 19.6.